The largest absolute Gasteiger partial charge is 0.462 e. The van der Waals surface area contributed by atoms with E-state index < -0.39 is 11.7 Å². The summed E-state index contributed by atoms with van der Waals surface area (Å²) in [5.74, 6) is 0.199. The molecule has 0 fully saturated rings. The van der Waals surface area contributed by atoms with Crippen LogP contribution in [-0.4, -0.2) is 5.78 Å². The van der Waals surface area contributed by atoms with Crippen LogP contribution >= 0.6 is 23.4 Å². The predicted octanol–water partition coefficient (Wildman–Crippen LogP) is 6.63. The Bertz CT molecular complexity index is 1030. The molecule has 150 valence electrons. The summed E-state index contributed by atoms with van der Waals surface area (Å²) >= 11 is 7.47. The molecule has 0 amide bonds. The second-order valence-corrected chi connectivity index (χ2v) is 7.52. The summed E-state index contributed by atoms with van der Waals surface area (Å²) in [6.07, 6.45) is -2.90. The zero-order valence-corrected chi connectivity index (χ0v) is 16.7. The molecule has 3 nitrogen and oxygen atoms in total. The zero-order chi connectivity index (χ0) is 21.2. The summed E-state index contributed by atoms with van der Waals surface area (Å²) < 4.78 is 43.6. The van der Waals surface area contributed by atoms with Crippen molar-refractivity contribution in [3.63, 3.8) is 0 Å². The molecular formula is C21H15ClF3NO2S. The van der Waals surface area contributed by atoms with E-state index in [9.17, 15) is 18.0 Å². The van der Waals surface area contributed by atoms with Crippen molar-refractivity contribution in [1.29, 1.82) is 0 Å². The maximum Gasteiger partial charge on any atom is 0.416 e. The van der Waals surface area contributed by atoms with Crippen LogP contribution in [0.3, 0.4) is 0 Å². The van der Waals surface area contributed by atoms with Crippen molar-refractivity contribution in [2.75, 3.05) is 0 Å². The van der Waals surface area contributed by atoms with Gasteiger partial charge in [-0.25, -0.2) is 0 Å². The molecule has 29 heavy (non-hydrogen) atoms. The van der Waals surface area contributed by atoms with Crippen molar-refractivity contribution >= 4 is 34.8 Å². The van der Waals surface area contributed by atoms with E-state index in [0.29, 0.717) is 33.2 Å². The zero-order valence-electron chi connectivity index (χ0n) is 15.1. The Morgan fingerprint density at radius 3 is 2.48 bits per heavy atom. The third kappa shape index (κ3) is 5.05. The van der Waals surface area contributed by atoms with Gasteiger partial charge in [0.2, 0.25) is 0 Å². The number of rotatable bonds is 5. The van der Waals surface area contributed by atoms with Crippen molar-refractivity contribution in [1.82, 2.24) is 5.32 Å². The number of alkyl halides is 3. The van der Waals surface area contributed by atoms with E-state index in [1.807, 2.05) is 0 Å². The second kappa shape index (κ2) is 8.39. The Balaban J connectivity index is 1.65. The number of carbonyl (C=O) groups excluding carboxylic acids is 1. The van der Waals surface area contributed by atoms with Gasteiger partial charge >= 0.3 is 6.18 Å². The number of hydrogen-bond acceptors (Lipinski definition) is 4. The SMILES string of the molecule is C=C(C)C(=O)c1ccc(OC=C2NC(c3ccc(C(F)(F)F)cc3)=CS2)cc1Cl. The fraction of sp³-hybridized carbons (Fsp3) is 0.0952. The fourth-order valence-corrected chi connectivity index (χ4v) is 3.42. The number of benzene rings is 2. The first kappa shape index (κ1) is 21.1. The van der Waals surface area contributed by atoms with Crippen molar-refractivity contribution in [2.45, 2.75) is 13.1 Å². The molecular weight excluding hydrogens is 423 g/mol. The fourth-order valence-electron chi connectivity index (χ4n) is 2.46. The standard InChI is InChI=1S/C21H15ClF3NO2S/c1-12(2)20(27)16-8-7-15(9-17(16)22)28-10-19-26-18(11-29-19)13-3-5-14(6-4-13)21(23,24)25/h3-11,26H,1H2,2H3. The van der Waals surface area contributed by atoms with Gasteiger partial charge < -0.3 is 10.1 Å². The number of nitrogens with one attached hydrogen (secondary N) is 1. The van der Waals surface area contributed by atoms with E-state index in [-0.39, 0.29) is 10.8 Å². The molecule has 0 aromatic heterocycles. The van der Waals surface area contributed by atoms with Gasteiger partial charge in [0.1, 0.15) is 17.0 Å². The molecule has 1 heterocycles. The molecule has 0 bridgehead atoms. The third-order valence-electron chi connectivity index (χ3n) is 3.96. The van der Waals surface area contributed by atoms with E-state index in [2.05, 4.69) is 11.9 Å². The highest BCUT2D eigenvalue weighted by atomic mass is 35.5. The van der Waals surface area contributed by atoms with Crippen LogP contribution in [0.15, 0.2) is 71.3 Å². The lowest BCUT2D eigenvalue weighted by molar-refractivity contribution is -0.137. The lowest BCUT2D eigenvalue weighted by Crippen LogP contribution is -2.07. The first-order valence-electron chi connectivity index (χ1n) is 8.33. The number of thioether (sulfide) groups is 1. The highest BCUT2D eigenvalue weighted by Gasteiger charge is 2.30. The van der Waals surface area contributed by atoms with E-state index in [1.165, 1.54) is 36.2 Å². The Kier molecular flexibility index (Phi) is 6.10. The molecule has 1 N–H and O–H groups in total. The summed E-state index contributed by atoms with van der Waals surface area (Å²) in [6, 6.07) is 9.59. The van der Waals surface area contributed by atoms with E-state index >= 15 is 0 Å². The van der Waals surface area contributed by atoms with Crippen LogP contribution in [0.2, 0.25) is 5.02 Å². The van der Waals surface area contributed by atoms with E-state index in [1.54, 1.807) is 24.5 Å². The molecule has 3 rings (SSSR count). The Labute approximate surface area is 174 Å². The minimum Gasteiger partial charge on any atom is -0.462 e. The molecule has 2 aromatic carbocycles. The number of hydrogen-bond donors (Lipinski definition) is 1. The average molecular weight is 438 g/mol. The minimum absolute atomic E-state index is 0.238. The maximum atomic E-state index is 12.7. The third-order valence-corrected chi connectivity index (χ3v) is 5.08. The highest BCUT2D eigenvalue weighted by Crippen LogP contribution is 2.33. The first-order valence-corrected chi connectivity index (χ1v) is 9.59. The molecule has 0 aliphatic carbocycles. The molecule has 0 spiro atoms. The Hall–Kier alpha value is -2.64. The van der Waals surface area contributed by atoms with Crippen LogP contribution in [0.5, 0.6) is 5.75 Å². The quantitative estimate of drug-likeness (QED) is 0.323. The van der Waals surface area contributed by atoms with Crippen LogP contribution in [0.4, 0.5) is 13.2 Å². The van der Waals surface area contributed by atoms with Crippen LogP contribution in [0.1, 0.15) is 28.4 Å². The van der Waals surface area contributed by atoms with Gasteiger partial charge in [-0.2, -0.15) is 13.2 Å². The van der Waals surface area contributed by atoms with Gasteiger partial charge in [-0.1, -0.05) is 42.1 Å². The van der Waals surface area contributed by atoms with Crippen LogP contribution < -0.4 is 10.1 Å². The predicted molar refractivity (Wildman–Crippen MR) is 109 cm³/mol. The number of ether oxygens (including phenoxy) is 1. The van der Waals surface area contributed by atoms with Gasteiger partial charge in [-0.15, -0.1) is 0 Å². The van der Waals surface area contributed by atoms with Crippen molar-refractivity contribution in [2.24, 2.45) is 0 Å². The lowest BCUT2D eigenvalue weighted by Gasteiger charge is -2.09. The summed E-state index contributed by atoms with van der Waals surface area (Å²) in [5, 5.41) is 5.76. The minimum atomic E-state index is -4.37. The number of ketones is 1. The van der Waals surface area contributed by atoms with Gasteiger partial charge in [0, 0.05) is 17.0 Å². The van der Waals surface area contributed by atoms with Gasteiger partial charge in [-0.3, -0.25) is 4.79 Å². The van der Waals surface area contributed by atoms with Crippen molar-refractivity contribution in [3.05, 3.63) is 93.0 Å². The smallest absolute Gasteiger partial charge is 0.416 e. The topological polar surface area (TPSA) is 38.3 Å². The Morgan fingerprint density at radius 1 is 1.21 bits per heavy atom. The molecule has 1 aliphatic heterocycles. The number of allylic oxidation sites excluding steroid dienone is 1. The lowest BCUT2D eigenvalue weighted by atomic mass is 10.1. The first-order chi connectivity index (χ1) is 13.6. The molecule has 0 atom stereocenters. The molecule has 0 saturated heterocycles. The maximum absolute atomic E-state index is 12.7. The number of Topliss-reactive ketones (excluding diaryl/α,β-unsaturated/α-hetero) is 1. The van der Waals surface area contributed by atoms with Gasteiger partial charge in [-0.05, 0) is 42.3 Å². The number of halogens is 4. The normalized spacial score (nSPS) is 15.1. The van der Waals surface area contributed by atoms with Crippen LogP contribution in [0, 0.1) is 0 Å². The Morgan fingerprint density at radius 2 is 1.90 bits per heavy atom. The monoisotopic (exact) mass is 437 g/mol. The van der Waals surface area contributed by atoms with Crippen LogP contribution in [-0.2, 0) is 6.18 Å². The molecule has 0 unspecified atom stereocenters. The molecule has 1 aliphatic rings. The summed E-state index contributed by atoms with van der Waals surface area (Å²) in [7, 11) is 0. The van der Waals surface area contributed by atoms with Crippen molar-refractivity contribution in [3.8, 4) is 5.75 Å². The van der Waals surface area contributed by atoms with Crippen LogP contribution in [0.25, 0.3) is 5.70 Å². The van der Waals surface area contributed by atoms with Gasteiger partial charge in [0.25, 0.3) is 0 Å². The summed E-state index contributed by atoms with van der Waals surface area (Å²) in [5.41, 5.74) is 1.32. The van der Waals surface area contributed by atoms with Crippen molar-refractivity contribution < 1.29 is 22.7 Å². The molecule has 2 aromatic rings. The van der Waals surface area contributed by atoms with Gasteiger partial charge in [0.05, 0.1) is 16.3 Å². The molecule has 8 heteroatoms. The molecule has 0 saturated carbocycles. The second-order valence-electron chi connectivity index (χ2n) is 6.20. The molecule has 0 radical (unpaired) electrons. The summed E-state index contributed by atoms with van der Waals surface area (Å²) in [4.78, 5) is 12.0. The van der Waals surface area contributed by atoms with E-state index in [0.717, 1.165) is 12.1 Å². The van der Waals surface area contributed by atoms with Gasteiger partial charge in [0.15, 0.2) is 5.78 Å². The highest BCUT2D eigenvalue weighted by molar-refractivity contribution is 8.06. The number of carbonyl (C=O) groups is 1. The summed E-state index contributed by atoms with van der Waals surface area (Å²) in [6.45, 7) is 5.22. The van der Waals surface area contributed by atoms with E-state index in [4.69, 9.17) is 16.3 Å². The average Bonchev–Trinajstić information content (AvgIpc) is 3.14.